The van der Waals surface area contributed by atoms with Crippen LogP contribution in [0.1, 0.15) is 51.0 Å². The van der Waals surface area contributed by atoms with E-state index in [1.54, 1.807) is 0 Å². The quantitative estimate of drug-likeness (QED) is 0.612. The van der Waals surface area contributed by atoms with E-state index >= 15 is 0 Å². The summed E-state index contributed by atoms with van der Waals surface area (Å²) >= 11 is 0. The predicted octanol–water partition coefficient (Wildman–Crippen LogP) is 2.99. The molecule has 4 atom stereocenters. The van der Waals surface area contributed by atoms with E-state index in [0.717, 1.165) is 51.5 Å². The van der Waals surface area contributed by atoms with E-state index < -0.39 is 0 Å². The topological polar surface area (TPSA) is 57.2 Å². The van der Waals surface area contributed by atoms with Gasteiger partial charge in [-0.2, -0.15) is 0 Å². The Bertz CT molecular complexity index is 851. The number of benzene rings is 1. The van der Waals surface area contributed by atoms with Gasteiger partial charge in [0.1, 0.15) is 0 Å². The Hall–Kier alpha value is -2.08. The van der Waals surface area contributed by atoms with E-state index in [9.17, 15) is 4.79 Å². The molecule has 1 aromatic carbocycles. The van der Waals surface area contributed by atoms with Gasteiger partial charge < -0.3 is 19.9 Å². The van der Waals surface area contributed by atoms with Crippen LogP contribution < -0.4 is 10.2 Å². The van der Waals surface area contributed by atoms with Crippen LogP contribution in [-0.4, -0.2) is 62.2 Å². The van der Waals surface area contributed by atoms with Crippen molar-refractivity contribution in [1.29, 1.82) is 0 Å². The van der Waals surface area contributed by atoms with Gasteiger partial charge in [0.15, 0.2) is 5.96 Å². The van der Waals surface area contributed by atoms with Crippen molar-refractivity contribution in [2.45, 2.75) is 57.6 Å². The average Bonchev–Trinajstić information content (AvgIpc) is 3.45. The molecule has 1 N–H and O–H groups in total. The number of carbonyl (C=O) groups is 1. The summed E-state index contributed by atoms with van der Waals surface area (Å²) in [7, 11) is 1.88. The molecule has 162 valence electrons. The van der Waals surface area contributed by atoms with Crippen molar-refractivity contribution >= 4 is 17.6 Å². The van der Waals surface area contributed by atoms with Gasteiger partial charge in [-0.05, 0) is 30.9 Å². The van der Waals surface area contributed by atoms with E-state index in [2.05, 4.69) is 53.3 Å². The van der Waals surface area contributed by atoms with Gasteiger partial charge in [0, 0.05) is 68.7 Å². The van der Waals surface area contributed by atoms with Gasteiger partial charge in [0.25, 0.3) is 0 Å². The number of aliphatic imine (C=N–C) groups is 1. The van der Waals surface area contributed by atoms with Crippen LogP contribution in [-0.2, 0) is 9.53 Å². The molecular formula is C24H34N4O2. The second-order valence-electron chi connectivity index (χ2n) is 9.87. The van der Waals surface area contributed by atoms with Gasteiger partial charge in [0.05, 0.1) is 6.10 Å². The number of fused-ring (bicyclic) bond motifs is 2. The van der Waals surface area contributed by atoms with Crippen LogP contribution in [0.15, 0.2) is 29.3 Å². The van der Waals surface area contributed by atoms with E-state index in [1.807, 2.05) is 11.9 Å². The summed E-state index contributed by atoms with van der Waals surface area (Å²) < 4.78 is 5.98. The smallest absolute Gasteiger partial charge is 0.222 e. The third kappa shape index (κ3) is 3.11. The van der Waals surface area contributed by atoms with Gasteiger partial charge in [0.2, 0.25) is 5.91 Å². The number of anilines is 1. The van der Waals surface area contributed by atoms with Crippen LogP contribution in [0.25, 0.3) is 0 Å². The first-order valence-electron chi connectivity index (χ1n) is 11.5. The Morgan fingerprint density at radius 2 is 2.17 bits per heavy atom. The number of likely N-dealkylation sites (tertiary alicyclic amines) is 1. The molecule has 4 unspecified atom stereocenters. The van der Waals surface area contributed by atoms with Crippen molar-refractivity contribution in [2.75, 3.05) is 38.2 Å². The van der Waals surface area contributed by atoms with Gasteiger partial charge in [-0.15, -0.1) is 0 Å². The van der Waals surface area contributed by atoms with Crippen molar-refractivity contribution in [3.8, 4) is 0 Å². The third-order valence-electron chi connectivity index (χ3n) is 7.84. The Balaban J connectivity index is 1.31. The highest BCUT2D eigenvalue weighted by Gasteiger charge is 2.59. The number of hydrogen-bond acceptors (Lipinski definition) is 3. The highest BCUT2D eigenvalue weighted by atomic mass is 16.5. The minimum Gasteiger partial charge on any atom is -0.377 e. The summed E-state index contributed by atoms with van der Waals surface area (Å²) in [4.78, 5) is 21.1. The van der Waals surface area contributed by atoms with Gasteiger partial charge in [-0.3, -0.25) is 9.79 Å². The highest BCUT2D eigenvalue weighted by molar-refractivity contribution is 5.98. The Morgan fingerprint density at radius 1 is 1.33 bits per heavy atom. The molecule has 1 aromatic rings. The molecule has 3 aliphatic heterocycles. The average molecular weight is 411 g/mol. The van der Waals surface area contributed by atoms with Crippen molar-refractivity contribution < 1.29 is 9.53 Å². The maximum Gasteiger partial charge on any atom is 0.222 e. The summed E-state index contributed by atoms with van der Waals surface area (Å²) in [6.45, 7) is 8.17. The molecule has 4 aliphatic rings. The maximum absolute atomic E-state index is 12.0. The fourth-order valence-corrected chi connectivity index (χ4v) is 6.21. The monoisotopic (exact) mass is 410 g/mol. The Labute approximate surface area is 179 Å². The molecular weight excluding hydrogens is 376 g/mol. The van der Waals surface area contributed by atoms with E-state index in [-0.39, 0.29) is 5.41 Å². The van der Waals surface area contributed by atoms with Crippen molar-refractivity contribution in [1.82, 2.24) is 10.2 Å². The third-order valence-corrected chi connectivity index (χ3v) is 7.84. The number of guanidine groups is 1. The molecule has 0 aromatic heterocycles. The molecule has 3 fully saturated rings. The summed E-state index contributed by atoms with van der Waals surface area (Å²) in [5, 5.41) is 3.80. The SMILES string of the molecule is CN=C(NC1C2CCOC2C1(C)C)N1CC(CCN2CCCC2=O)c2ccccc21. The second kappa shape index (κ2) is 7.56. The van der Waals surface area contributed by atoms with Gasteiger partial charge in [-0.1, -0.05) is 32.0 Å². The summed E-state index contributed by atoms with van der Waals surface area (Å²) in [5.41, 5.74) is 2.74. The molecule has 6 nitrogen and oxygen atoms in total. The van der Waals surface area contributed by atoms with Crippen molar-refractivity contribution in [2.24, 2.45) is 16.3 Å². The van der Waals surface area contributed by atoms with Crippen molar-refractivity contribution in [3.63, 3.8) is 0 Å². The number of rotatable bonds is 4. The van der Waals surface area contributed by atoms with Crippen LogP contribution in [0.5, 0.6) is 0 Å². The van der Waals surface area contributed by atoms with Crippen LogP contribution in [0.4, 0.5) is 5.69 Å². The normalized spacial score (nSPS) is 32.2. The number of hydrogen-bond donors (Lipinski definition) is 1. The molecule has 3 heterocycles. The number of ether oxygens (including phenoxy) is 1. The molecule has 5 rings (SSSR count). The molecule has 1 saturated carbocycles. The van der Waals surface area contributed by atoms with Crippen LogP contribution in [0, 0.1) is 11.3 Å². The van der Waals surface area contributed by atoms with Crippen LogP contribution in [0.3, 0.4) is 0 Å². The van der Waals surface area contributed by atoms with Crippen LogP contribution >= 0.6 is 0 Å². The largest absolute Gasteiger partial charge is 0.377 e. The molecule has 6 heteroatoms. The second-order valence-corrected chi connectivity index (χ2v) is 9.87. The van der Waals surface area contributed by atoms with Gasteiger partial charge in [-0.25, -0.2) is 0 Å². The minimum absolute atomic E-state index is 0.117. The zero-order chi connectivity index (χ0) is 20.9. The molecule has 1 amide bonds. The van der Waals surface area contributed by atoms with E-state index in [0.29, 0.717) is 36.3 Å². The molecule has 0 spiro atoms. The van der Waals surface area contributed by atoms with Crippen LogP contribution in [0.2, 0.25) is 0 Å². The molecule has 1 aliphatic carbocycles. The summed E-state index contributed by atoms with van der Waals surface area (Å²) in [6, 6.07) is 9.07. The minimum atomic E-state index is 0.117. The molecule has 30 heavy (non-hydrogen) atoms. The zero-order valence-corrected chi connectivity index (χ0v) is 18.4. The predicted molar refractivity (Wildman–Crippen MR) is 119 cm³/mol. The lowest BCUT2D eigenvalue weighted by Crippen LogP contribution is -2.68. The zero-order valence-electron chi connectivity index (χ0n) is 18.4. The number of nitrogens with one attached hydrogen (secondary N) is 1. The van der Waals surface area contributed by atoms with Gasteiger partial charge >= 0.3 is 0 Å². The first-order valence-corrected chi connectivity index (χ1v) is 11.5. The van der Waals surface area contributed by atoms with Crippen molar-refractivity contribution in [3.05, 3.63) is 29.8 Å². The lowest BCUT2D eigenvalue weighted by molar-refractivity contribution is -0.127. The Morgan fingerprint density at radius 3 is 2.93 bits per heavy atom. The first kappa shape index (κ1) is 19.9. The van der Waals surface area contributed by atoms with E-state index in [4.69, 9.17) is 4.74 Å². The molecule has 2 saturated heterocycles. The number of para-hydroxylation sites is 1. The lowest BCUT2D eigenvalue weighted by Gasteiger charge is -2.55. The fraction of sp³-hybridized carbons (Fsp3) is 0.667. The standard InChI is InChI=1S/C24H34N4O2/c1-24(2)21(18-11-14-30-22(18)24)26-23(25-3)28-15-16(17-7-4-5-8-19(17)28)10-13-27-12-6-9-20(27)29/h4-5,7-8,16,18,21-22H,6,9-15H2,1-3H3,(H,25,26). The lowest BCUT2D eigenvalue weighted by atomic mass is 9.57. The summed E-state index contributed by atoms with van der Waals surface area (Å²) in [5.74, 6) is 2.28. The number of amides is 1. The first-order chi connectivity index (χ1) is 14.5. The highest BCUT2D eigenvalue weighted by Crippen LogP contribution is 2.52. The maximum atomic E-state index is 12.0. The molecule has 0 radical (unpaired) electrons. The molecule has 0 bridgehead atoms. The van der Waals surface area contributed by atoms with E-state index in [1.165, 1.54) is 11.3 Å². The fourth-order valence-electron chi connectivity index (χ4n) is 6.21. The number of nitrogens with zero attached hydrogens (tertiary/aromatic N) is 3. The summed E-state index contributed by atoms with van der Waals surface area (Å²) in [6.07, 6.45) is 4.22. The Kier molecular flexibility index (Phi) is 5.00. The number of carbonyl (C=O) groups excluding carboxylic acids is 1.